The lowest BCUT2D eigenvalue weighted by Gasteiger charge is -2.20. The predicted octanol–water partition coefficient (Wildman–Crippen LogP) is 12.0. The van der Waals surface area contributed by atoms with Crippen LogP contribution in [0.2, 0.25) is 0 Å². The third-order valence-electron chi connectivity index (χ3n) is 9.64. The van der Waals surface area contributed by atoms with Crippen molar-refractivity contribution in [3.63, 3.8) is 0 Å². The lowest BCUT2D eigenvalue weighted by atomic mass is 10.0. The number of carbonyl (C=O) groups excluding carboxylic acids is 2. The van der Waals surface area contributed by atoms with Crippen LogP contribution in [0.25, 0.3) is 0 Å². The Morgan fingerprint density at radius 2 is 0.930 bits per heavy atom. The average Bonchev–Trinajstić information content (AvgIpc) is 3.19. The van der Waals surface area contributed by atoms with E-state index < -0.39 is 51.1 Å². The van der Waals surface area contributed by atoms with Crippen molar-refractivity contribution in [1.29, 1.82) is 0 Å². The van der Waals surface area contributed by atoms with Gasteiger partial charge in [0.15, 0.2) is 6.10 Å². The van der Waals surface area contributed by atoms with Crippen LogP contribution in [0.3, 0.4) is 0 Å². The number of carboxylic acid groups (broad SMARTS) is 1. The molecule has 0 bridgehead atoms. The molecule has 0 aromatic heterocycles. The maximum atomic E-state index is 12.6. The standard InChI is InChI=1S/C45H82NO10P/c1-3-5-7-9-11-13-15-17-19-21-23-25-27-29-31-33-35-37-44(48)56-41(39-54-57(51,52)55-40-42(46)45(49)50)38-53-43(47)36-34-32-30-28-26-24-22-20-18-16-14-12-10-8-6-4-2/h11,13,17,19,23,25,41-42H,3-10,12,14-16,18,20-22,24,26-40,46H2,1-2H3,(H,49,50)(H,51,52)/b13-11-,19-17-,25-23-/t41-,42+/m1/s1. The highest BCUT2D eigenvalue weighted by molar-refractivity contribution is 7.47. The van der Waals surface area contributed by atoms with Gasteiger partial charge in [-0.3, -0.25) is 23.4 Å². The zero-order valence-electron chi connectivity index (χ0n) is 35.9. The summed E-state index contributed by atoms with van der Waals surface area (Å²) in [4.78, 5) is 46.0. The number of phosphoric acid groups is 1. The van der Waals surface area contributed by atoms with Gasteiger partial charge in [-0.05, 0) is 51.4 Å². The van der Waals surface area contributed by atoms with Gasteiger partial charge in [0.05, 0.1) is 13.2 Å². The zero-order valence-corrected chi connectivity index (χ0v) is 36.8. The number of allylic oxidation sites excluding steroid dienone is 6. The minimum absolute atomic E-state index is 0.137. The molecule has 0 aliphatic rings. The molecule has 0 saturated heterocycles. The first-order valence-electron chi connectivity index (χ1n) is 22.5. The van der Waals surface area contributed by atoms with Crippen molar-refractivity contribution in [2.75, 3.05) is 19.8 Å². The van der Waals surface area contributed by atoms with Crippen LogP contribution in [0.1, 0.15) is 200 Å². The van der Waals surface area contributed by atoms with Gasteiger partial charge < -0.3 is 25.2 Å². The van der Waals surface area contributed by atoms with E-state index in [-0.39, 0.29) is 19.4 Å². The van der Waals surface area contributed by atoms with Gasteiger partial charge in [-0.15, -0.1) is 0 Å². The first-order chi connectivity index (χ1) is 27.6. The summed E-state index contributed by atoms with van der Waals surface area (Å²) < 4.78 is 32.7. The third kappa shape index (κ3) is 40.3. The lowest BCUT2D eigenvalue weighted by Crippen LogP contribution is -2.34. The van der Waals surface area contributed by atoms with Gasteiger partial charge in [0.1, 0.15) is 12.6 Å². The molecule has 0 amide bonds. The molecule has 3 atom stereocenters. The van der Waals surface area contributed by atoms with Crippen molar-refractivity contribution in [3.8, 4) is 0 Å². The van der Waals surface area contributed by atoms with Crippen molar-refractivity contribution in [1.82, 2.24) is 0 Å². The quantitative estimate of drug-likeness (QED) is 0.0231. The Morgan fingerprint density at radius 1 is 0.544 bits per heavy atom. The molecule has 332 valence electrons. The Labute approximate surface area is 346 Å². The van der Waals surface area contributed by atoms with Crippen LogP contribution in [0.4, 0.5) is 0 Å². The molecule has 0 spiro atoms. The van der Waals surface area contributed by atoms with Crippen LogP contribution in [-0.4, -0.2) is 59.9 Å². The molecule has 1 unspecified atom stereocenters. The minimum atomic E-state index is -4.72. The van der Waals surface area contributed by atoms with E-state index >= 15 is 0 Å². The highest BCUT2D eigenvalue weighted by atomic mass is 31.2. The smallest absolute Gasteiger partial charge is 0.472 e. The third-order valence-corrected chi connectivity index (χ3v) is 10.6. The number of rotatable bonds is 42. The first kappa shape index (κ1) is 54.7. The zero-order chi connectivity index (χ0) is 42.1. The summed E-state index contributed by atoms with van der Waals surface area (Å²) >= 11 is 0. The molecule has 0 radical (unpaired) electrons. The van der Waals surface area contributed by atoms with Crippen molar-refractivity contribution >= 4 is 25.7 Å². The molecule has 0 aliphatic heterocycles. The van der Waals surface area contributed by atoms with Gasteiger partial charge in [-0.2, -0.15) is 0 Å². The van der Waals surface area contributed by atoms with E-state index in [1.165, 1.54) is 96.3 Å². The number of nitrogens with two attached hydrogens (primary N) is 1. The Kier molecular flexibility index (Phi) is 38.8. The van der Waals surface area contributed by atoms with Crippen LogP contribution in [0, 0.1) is 0 Å². The van der Waals surface area contributed by atoms with Gasteiger partial charge in [-0.25, -0.2) is 4.57 Å². The number of carboxylic acids is 1. The van der Waals surface area contributed by atoms with E-state index in [9.17, 15) is 23.8 Å². The van der Waals surface area contributed by atoms with E-state index in [1.54, 1.807) is 0 Å². The van der Waals surface area contributed by atoms with Crippen molar-refractivity contribution in [2.24, 2.45) is 5.73 Å². The molecule has 0 aliphatic carbocycles. The van der Waals surface area contributed by atoms with E-state index in [0.29, 0.717) is 12.8 Å². The Morgan fingerprint density at radius 3 is 1.42 bits per heavy atom. The fourth-order valence-electron chi connectivity index (χ4n) is 6.07. The Balaban J connectivity index is 4.37. The average molecular weight is 828 g/mol. The minimum Gasteiger partial charge on any atom is -0.480 e. The highest BCUT2D eigenvalue weighted by Crippen LogP contribution is 2.43. The monoisotopic (exact) mass is 828 g/mol. The van der Waals surface area contributed by atoms with E-state index in [2.05, 4.69) is 54.8 Å². The summed E-state index contributed by atoms with van der Waals surface area (Å²) in [5.74, 6) is -2.40. The molecule has 0 aromatic rings. The SMILES string of the molecule is CCCCC/C=C\C/C=C\C/C=C\CCCCCCC(=O)O[C@H](COC(=O)CCCCCCCCCCCCCCCCCC)COP(=O)(O)OC[C@H](N)C(=O)O. The van der Waals surface area contributed by atoms with Gasteiger partial charge in [0.25, 0.3) is 0 Å². The maximum Gasteiger partial charge on any atom is 0.472 e. The number of aliphatic carboxylic acids is 1. The largest absolute Gasteiger partial charge is 0.480 e. The number of carbonyl (C=O) groups is 3. The molecule has 0 aromatic carbocycles. The molecule has 57 heavy (non-hydrogen) atoms. The molecule has 0 rings (SSSR count). The van der Waals surface area contributed by atoms with E-state index in [1.807, 2.05) is 0 Å². The van der Waals surface area contributed by atoms with Crippen molar-refractivity contribution < 1.29 is 47.5 Å². The van der Waals surface area contributed by atoms with Crippen LogP contribution >= 0.6 is 7.82 Å². The van der Waals surface area contributed by atoms with Crippen LogP contribution < -0.4 is 5.73 Å². The fraction of sp³-hybridized carbons (Fsp3) is 0.800. The summed E-state index contributed by atoms with van der Waals surface area (Å²) in [6.45, 7) is 2.77. The molecule has 0 fully saturated rings. The van der Waals surface area contributed by atoms with Crippen molar-refractivity contribution in [2.45, 2.75) is 212 Å². The van der Waals surface area contributed by atoms with Crippen LogP contribution in [-0.2, 0) is 37.5 Å². The van der Waals surface area contributed by atoms with E-state index in [0.717, 1.165) is 64.2 Å². The number of hydrogen-bond acceptors (Lipinski definition) is 9. The highest BCUT2D eigenvalue weighted by Gasteiger charge is 2.28. The fourth-order valence-corrected chi connectivity index (χ4v) is 6.85. The van der Waals surface area contributed by atoms with Crippen LogP contribution in [0.5, 0.6) is 0 Å². The second-order valence-corrected chi connectivity index (χ2v) is 16.6. The molecule has 0 saturated carbocycles. The second-order valence-electron chi connectivity index (χ2n) is 15.2. The Bertz CT molecular complexity index is 1110. The summed E-state index contributed by atoms with van der Waals surface area (Å²) in [5, 5.41) is 8.89. The van der Waals surface area contributed by atoms with Gasteiger partial charge in [0.2, 0.25) is 0 Å². The Hall–Kier alpha value is -2.30. The maximum absolute atomic E-state index is 12.6. The van der Waals surface area contributed by atoms with E-state index in [4.69, 9.17) is 24.8 Å². The predicted molar refractivity (Wildman–Crippen MR) is 231 cm³/mol. The normalized spacial score (nSPS) is 14.0. The molecular formula is C45H82NO10P. The van der Waals surface area contributed by atoms with Crippen molar-refractivity contribution in [3.05, 3.63) is 36.5 Å². The van der Waals surface area contributed by atoms with Gasteiger partial charge in [0, 0.05) is 12.8 Å². The number of phosphoric ester groups is 1. The topological polar surface area (TPSA) is 172 Å². The number of hydrogen-bond donors (Lipinski definition) is 3. The molecule has 11 nitrogen and oxygen atoms in total. The number of ether oxygens (including phenoxy) is 2. The molecule has 4 N–H and O–H groups in total. The summed E-state index contributed by atoms with van der Waals surface area (Å²) in [5.41, 5.74) is 5.33. The van der Waals surface area contributed by atoms with Gasteiger partial charge >= 0.3 is 25.7 Å². The molecule has 12 heteroatoms. The number of unbranched alkanes of at least 4 members (excludes halogenated alkanes) is 22. The second kappa shape index (κ2) is 40.5. The summed E-state index contributed by atoms with van der Waals surface area (Å²) in [6, 6.07) is -1.52. The summed E-state index contributed by atoms with van der Waals surface area (Å²) in [7, 11) is -4.72. The van der Waals surface area contributed by atoms with Crippen LogP contribution in [0.15, 0.2) is 36.5 Å². The molecule has 0 heterocycles. The molecular weight excluding hydrogens is 745 g/mol. The number of esters is 2. The lowest BCUT2D eigenvalue weighted by molar-refractivity contribution is -0.161. The first-order valence-corrected chi connectivity index (χ1v) is 24.0. The summed E-state index contributed by atoms with van der Waals surface area (Å²) in [6.07, 6.45) is 43.4. The van der Waals surface area contributed by atoms with Gasteiger partial charge in [-0.1, -0.05) is 172 Å².